The Morgan fingerprint density at radius 2 is 1.96 bits per heavy atom. The second kappa shape index (κ2) is 8.01. The zero-order chi connectivity index (χ0) is 18.6. The van der Waals surface area contributed by atoms with Crippen molar-refractivity contribution in [1.82, 2.24) is 4.98 Å². The van der Waals surface area contributed by atoms with Crippen molar-refractivity contribution in [2.45, 2.75) is 33.6 Å². The molecule has 0 radical (unpaired) electrons. The minimum absolute atomic E-state index is 0.0325. The molecule has 130 valence electrons. The molecule has 0 aliphatic carbocycles. The SMILES string of the molecule is CCCCOc1c(B(O)O)cc(C)cc1-c1cc(C)[nH]c(=O)c1C#N. The zero-order valence-electron chi connectivity index (χ0n) is 14.6. The Kier molecular flexibility index (Phi) is 6.02. The lowest BCUT2D eigenvalue weighted by molar-refractivity contribution is 0.311. The van der Waals surface area contributed by atoms with Crippen molar-refractivity contribution in [1.29, 1.82) is 5.26 Å². The predicted molar refractivity (Wildman–Crippen MR) is 96.9 cm³/mol. The van der Waals surface area contributed by atoms with Crippen LogP contribution in [0.15, 0.2) is 23.0 Å². The van der Waals surface area contributed by atoms with Crippen molar-refractivity contribution in [3.05, 3.63) is 45.4 Å². The van der Waals surface area contributed by atoms with E-state index in [1.165, 1.54) is 0 Å². The topological polar surface area (TPSA) is 106 Å². The molecule has 0 saturated heterocycles. The first-order valence-electron chi connectivity index (χ1n) is 8.16. The maximum Gasteiger partial charge on any atom is 0.492 e. The smallest absolute Gasteiger partial charge is 0.492 e. The molecule has 0 bridgehead atoms. The van der Waals surface area contributed by atoms with Gasteiger partial charge in [0.1, 0.15) is 17.4 Å². The van der Waals surface area contributed by atoms with E-state index >= 15 is 0 Å². The first-order valence-corrected chi connectivity index (χ1v) is 8.16. The number of ether oxygens (including phenoxy) is 1. The van der Waals surface area contributed by atoms with Crippen molar-refractivity contribution < 1.29 is 14.8 Å². The Morgan fingerprint density at radius 1 is 1.24 bits per heavy atom. The molecule has 7 heteroatoms. The highest BCUT2D eigenvalue weighted by atomic mass is 16.5. The number of aromatic nitrogens is 1. The molecule has 0 spiro atoms. The van der Waals surface area contributed by atoms with Crippen LogP contribution in [-0.4, -0.2) is 28.8 Å². The molecule has 1 heterocycles. The van der Waals surface area contributed by atoms with Crippen molar-refractivity contribution in [2.24, 2.45) is 0 Å². The maximum absolute atomic E-state index is 12.1. The molecule has 0 aliphatic rings. The number of pyridine rings is 1. The average molecular weight is 340 g/mol. The molecule has 1 aromatic carbocycles. The summed E-state index contributed by atoms with van der Waals surface area (Å²) in [5, 5.41) is 28.9. The molecule has 6 nitrogen and oxygen atoms in total. The summed E-state index contributed by atoms with van der Waals surface area (Å²) >= 11 is 0. The van der Waals surface area contributed by atoms with Gasteiger partial charge in [-0.1, -0.05) is 25.0 Å². The monoisotopic (exact) mass is 340 g/mol. The number of aromatic amines is 1. The highest BCUT2D eigenvalue weighted by Gasteiger charge is 2.24. The van der Waals surface area contributed by atoms with Crippen molar-refractivity contribution in [3.63, 3.8) is 0 Å². The van der Waals surface area contributed by atoms with Gasteiger partial charge in [-0.15, -0.1) is 0 Å². The normalized spacial score (nSPS) is 10.4. The van der Waals surface area contributed by atoms with Gasteiger partial charge in [0.15, 0.2) is 0 Å². The molecule has 0 aliphatic heterocycles. The fourth-order valence-electron chi connectivity index (χ4n) is 2.68. The summed E-state index contributed by atoms with van der Waals surface area (Å²) in [6, 6.07) is 7.02. The van der Waals surface area contributed by atoms with Gasteiger partial charge in [0.25, 0.3) is 5.56 Å². The van der Waals surface area contributed by atoms with Gasteiger partial charge in [0.05, 0.1) is 6.61 Å². The van der Waals surface area contributed by atoms with Crippen LogP contribution in [0.1, 0.15) is 36.6 Å². The molecule has 25 heavy (non-hydrogen) atoms. The molecule has 0 saturated carbocycles. The minimum Gasteiger partial charge on any atom is -0.493 e. The number of nitrogens with zero attached hydrogens (tertiary/aromatic N) is 1. The maximum atomic E-state index is 12.1. The lowest BCUT2D eigenvalue weighted by atomic mass is 9.76. The summed E-state index contributed by atoms with van der Waals surface area (Å²) in [5.41, 5.74) is 1.99. The van der Waals surface area contributed by atoms with Gasteiger partial charge in [-0.05, 0) is 32.4 Å². The Morgan fingerprint density at radius 3 is 2.56 bits per heavy atom. The van der Waals surface area contributed by atoms with E-state index in [4.69, 9.17) is 4.74 Å². The number of hydrogen-bond donors (Lipinski definition) is 3. The molecule has 0 fully saturated rings. The number of hydrogen-bond acceptors (Lipinski definition) is 5. The minimum atomic E-state index is -1.72. The Hall–Kier alpha value is -2.56. The third kappa shape index (κ3) is 4.10. The second-order valence-corrected chi connectivity index (χ2v) is 5.99. The standard InChI is InChI=1S/C18H21BN2O4/c1-4-5-6-25-17-14(7-11(2)8-16(17)19(23)24)13-9-12(3)21-18(22)15(13)10-20/h7-9,23-24H,4-6H2,1-3H3,(H,21,22). The van der Waals surface area contributed by atoms with Gasteiger partial charge in [-0.25, -0.2) is 0 Å². The van der Waals surface area contributed by atoms with Crippen LogP contribution in [0.4, 0.5) is 0 Å². The van der Waals surface area contributed by atoms with Crippen LogP contribution in [0.5, 0.6) is 5.75 Å². The Bertz CT molecular complexity index is 869. The Labute approximate surface area is 146 Å². The summed E-state index contributed by atoms with van der Waals surface area (Å²) in [5.74, 6) is 0.288. The number of aryl methyl sites for hydroxylation is 2. The summed E-state index contributed by atoms with van der Waals surface area (Å²) < 4.78 is 5.82. The van der Waals surface area contributed by atoms with Crippen LogP contribution in [0.25, 0.3) is 11.1 Å². The van der Waals surface area contributed by atoms with E-state index < -0.39 is 12.7 Å². The highest BCUT2D eigenvalue weighted by molar-refractivity contribution is 6.60. The molecule has 2 rings (SSSR count). The van der Waals surface area contributed by atoms with Gasteiger partial charge in [-0.2, -0.15) is 5.26 Å². The van der Waals surface area contributed by atoms with E-state index in [1.807, 2.05) is 13.0 Å². The number of H-pyrrole nitrogens is 1. The molecule has 0 atom stereocenters. The molecule has 3 N–H and O–H groups in total. The lowest BCUT2D eigenvalue weighted by Crippen LogP contribution is -2.32. The summed E-state index contributed by atoms with van der Waals surface area (Å²) in [6.07, 6.45) is 1.72. The first kappa shape index (κ1) is 18.8. The molecular formula is C18H21BN2O4. The van der Waals surface area contributed by atoms with Gasteiger partial charge in [0.2, 0.25) is 0 Å². The highest BCUT2D eigenvalue weighted by Crippen LogP contribution is 2.32. The van der Waals surface area contributed by atoms with Gasteiger partial charge in [0, 0.05) is 22.3 Å². The van der Waals surface area contributed by atoms with Crippen LogP contribution >= 0.6 is 0 Å². The fraction of sp³-hybridized carbons (Fsp3) is 0.333. The van der Waals surface area contributed by atoms with E-state index in [9.17, 15) is 20.1 Å². The zero-order valence-corrected chi connectivity index (χ0v) is 14.6. The van der Waals surface area contributed by atoms with Crippen LogP contribution < -0.4 is 15.8 Å². The van der Waals surface area contributed by atoms with E-state index in [0.717, 1.165) is 18.4 Å². The number of benzene rings is 1. The second-order valence-electron chi connectivity index (χ2n) is 5.99. The number of nitrogens with one attached hydrogen (secondary N) is 1. The van der Waals surface area contributed by atoms with Crippen molar-refractivity contribution in [3.8, 4) is 22.9 Å². The lowest BCUT2D eigenvalue weighted by Gasteiger charge is -2.18. The van der Waals surface area contributed by atoms with Crippen LogP contribution in [-0.2, 0) is 0 Å². The fourth-order valence-corrected chi connectivity index (χ4v) is 2.68. The number of nitriles is 1. The number of unbranched alkanes of at least 4 members (excludes halogenated alkanes) is 1. The van der Waals surface area contributed by atoms with Crippen molar-refractivity contribution in [2.75, 3.05) is 6.61 Å². The van der Waals surface area contributed by atoms with Crippen LogP contribution in [0.2, 0.25) is 0 Å². The van der Waals surface area contributed by atoms with Crippen LogP contribution in [0.3, 0.4) is 0 Å². The van der Waals surface area contributed by atoms with Gasteiger partial charge < -0.3 is 19.8 Å². The Balaban J connectivity index is 2.76. The third-order valence-electron chi connectivity index (χ3n) is 3.85. The summed E-state index contributed by atoms with van der Waals surface area (Å²) in [7, 11) is -1.72. The predicted octanol–water partition coefficient (Wildman–Crippen LogP) is 1.39. The molecule has 0 amide bonds. The summed E-state index contributed by atoms with van der Waals surface area (Å²) in [6.45, 7) is 5.95. The largest absolute Gasteiger partial charge is 0.493 e. The molecule has 1 aromatic heterocycles. The average Bonchev–Trinajstić information content (AvgIpc) is 2.55. The van der Waals surface area contributed by atoms with E-state index in [2.05, 4.69) is 4.98 Å². The first-order chi connectivity index (χ1) is 11.9. The molecule has 0 unspecified atom stereocenters. The quantitative estimate of drug-likeness (QED) is 0.544. The number of rotatable bonds is 6. The van der Waals surface area contributed by atoms with E-state index in [1.54, 1.807) is 32.0 Å². The third-order valence-corrected chi connectivity index (χ3v) is 3.85. The van der Waals surface area contributed by atoms with E-state index in [0.29, 0.717) is 23.4 Å². The molecule has 2 aromatic rings. The van der Waals surface area contributed by atoms with Gasteiger partial charge >= 0.3 is 7.12 Å². The summed E-state index contributed by atoms with van der Waals surface area (Å²) in [4.78, 5) is 14.7. The van der Waals surface area contributed by atoms with Crippen LogP contribution in [0, 0.1) is 25.2 Å². The van der Waals surface area contributed by atoms with E-state index in [-0.39, 0.29) is 16.8 Å². The van der Waals surface area contributed by atoms with Crippen molar-refractivity contribution >= 4 is 12.6 Å². The molecular weight excluding hydrogens is 319 g/mol. The van der Waals surface area contributed by atoms with Gasteiger partial charge in [-0.3, -0.25) is 4.79 Å².